The summed E-state index contributed by atoms with van der Waals surface area (Å²) in [7, 11) is 0. The van der Waals surface area contributed by atoms with Crippen molar-refractivity contribution in [3.8, 4) is 5.75 Å². The lowest BCUT2D eigenvalue weighted by Crippen LogP contribution is -2.56. The van der Waals surface area contributed by atoms with Gasteiger partial charge in [0.2, 0.25) is 0 Å². The van der Waals surface area contributed by atoms with E-state index in [1.165, 1.54) is 19.3 Å². The molecular weight excluding hydrogens is 330 g/mol. The Morgan fingerprint density at radius 2 is 1.92 bits per heavy atom. The summed E-state index contributed by atoms with van der Waals surface area (Å²) in [5, 5.41) is 11.5. The Balaban J connectivity index is 1.23. The number of amides is 2. The number of ether oxygens (including phenoxy) is 1. The number of likely N-dealkylation sites (tertiary alicyclic amines) is 1. The van der Waals surface area contributed by atoms with Crippen molar-refractivity contribution in [1.82, 2.24) is 25.2 Å². The molecule has 7 heteroatoms. The minimum absolute atomic E-state index is 0.0564. The fraction of sp³-hybridized carbons (Fsp3) is 0.526. The van der Waals surface area contributed by atoms with Gasteiger partial charge in [-0.15, -0.1) is 5.10 Å². The second-order valence-corrected chi connectivity index (χ2v) is 7.13. The van der Waals surface area contributed by atoms with E-state index in [1.54, 1.807) is 0 Å². The Morgan fingerprint density at radius 3 is 2.69 bits per heavy atom. The van der Waals surface area contributed by atoms with Crippen LogP contribution in [-0.2, 0) is 6.61 Å². The first kappa shape index (κ1) is 16.9. The lowest BCUT2D eigenvalue weighted by atomic mass is 9.95. The third kappa shape index (κ3) is 3.98. The molecule has 1 aliphatic heterocycles. The number of benzene rings is 1. The number of para-hydroxylation sites is 1. The predicted molar refractivity (Wildman–Crippen MR) is 96.8 cm³/mol. The van der Waals surface area contributed by atoms with E-state index < -0.39 is 0 Å². The quantitative estimate of drug-likeness (QED) is 0.895. The molecule has 4 rings (SSSR count). The van der Waals surface area contributed by atoms with Crippen LogP contribution in [0.1, 0.15) is 43.8 Å². The number of hydrogen-bond donors (Lipinski definition) is 1. The van der Waals surface area contributed by atoms with Crippen molar-refractivity contribution in [3.05, 3.63) is 42.2 Å². The van der Waals surface area contributed by atoms with E-state index in [4.69, 9.17) is 4.74 Å². The van der Waals surface area contributed by atoms with Crippen molar-refractivity contribution in [2.75, 3.05) is 13.1 Å². The molecule has 2 fully saturated rings. The third-order valence-corrected chi connectivity index (χ3v) is 5.14. The first-order valence-corrected chi connectivity index (χ1v) is 9.42. The van der Waals surface area contributed by atoms with Gasteiger partial charge in [-0.3, -0.25) is 0 Å². The first-order chi connectivity index (χ1) is 12.8. The molecule has 2 heterocycles. The number of rotatable bonds is 5. The SMILES string of the molecule is O=C(NC1CCCCC1)N1CC(n2cc(COc3ccccc3)nn2)C1. The van der Waals surface area contributed by atoms with E-state index in [2.05, 4.69) is 15.6 Å². The molecule has 26 heavy (non-hydrogen) atoms. The topological polar surface area (TPSA) is 72.3 Å². The number of nitrogens with one attached hydrogen (secondary N) is 1. The summed E-state index contributed by atoms with van der Waals surface area (Å²) in [6, 6.07) is 10.3. The van der Waals surface area contributed by atoms with Crippen LogP contribution in [0, 0.1) is 0 Å². The van der Waals surface area contributed by atoms with Crippen LogP contribution < -0.4 is 10.1 Å². The number of aromatic nitrogens is 3. The van der Waals surface area contributed by atoms with Crippen LogP contribution >= 0.6 is 0 Å². The second kappa shape index (κ2) is 7.76. The first-order valence-electron chi connectivity index (χ1n) is 9.42. The number of hydrogen-bond acceptors (Lipinski definition) is 4. The highest BCUT2D eigenvalue weighted by Crippen LogP contribution is 2.22. The van der Waals surface area contributed by atoms with Gasteiger partial charge in [0.05, 0.1) is 12.2 Å². The molecule has 2 aliphatic rings. The maximum absolute atomic E-state index is 12.3. The lowest BCUT2D eigenvalue weighted by molar-refractivity contribution is 0.113. The highest BCUT2D eigenvalue weighted by Gasteiger charge is 2.33. The van der Waals surface area contributed by atoms with Gasteiger partial charge in [0, 0.05) is 19.1 Å². The van der Waals surface area contributed by atoms with Crippen molar-refractivity contribution < 1.29 is 9.53 Å². The monoisotopic (exact) mass is 355 g/mol. The summed E-state index contributed by atoms with van der Waals surface area (Å²) in [5.41, 5.74) is 0.791. The third-order valence-electron chi connectivity index (χ3n) is 5.14. The van der Waals surface area contributed by atoms with E-state index in [-0.39, 0.29) is 12.1 Å². The molecule has 1 saturated heterocycles. The van der Waals surface area contributed by atoms with E-state index in [1.807, 2.05) is 46.1 Å². The summed E-state index contributed by atoms with van der Waals surface area (Å²) in [5.74, 6) is 0.816. The van der Waals surface area contributed by atoms with Gasteiger partial charge in [-0.1, -0.05) is 42.7 Å². The molecule has 7 nitrogen and oxygen atoms in total. The molecule has 2 amide bonds. The summed E-state index contributed by atoms with van der Waals surface area (Å²) < 4.78 is 7.53. The minimum Gasteiger partial charge on any atom is -0.487 e. The Bertz CT molecular complexity index is 721. The smallest absolute Gasteiger partial charge is 0.317 e. The zero-order chi connectivity index (χ0) is 17.8. The summed E-state index contributed by atoms with van der Waals surface area (Å²) in [4.78, 5) is 14.1. The predicted octanol–water partition coefficient (Wildman–Crippen LogP) is 2.76. The Labute approximate surface area is 153 Å². The van der Waals surface area contributed by atoms with Crippen molar-refractivity contribution >= 4 is 6.03 Å². The van der Waals surface area contributed by atoms with Crippen molar-refractivity contribution in [3.63, 3.8) is 0 Å². The van der Waals surface area contributed by atoms with Crippen LogP contribution in [0.25, 0.3) is 0 Å². The minimum atomic E-state index is 0.0564. The van der Waals surface area contributed by atoms with E-state index in [0.717, 1.165) is 24.3 Å². The van der Waals surface area contributed by atoms with Gasteiger partial charge in [-0.2, -0.15) is 0 Å². The standard InChI is InChI=1S/C19H25N5O2/c25-19(20-15-7-3-1-4-8-15)23-12-17(13-23)24-11-16(21-22-24)14-26-18-9-5-2-6-10-18/h2,5-6,9-11,15,17H,1,3-4,7-8,12-14H2,(H,20,25). The molecule has 0 spiro atoms. The molecule has 1 aliphatic carbocycles. The molecular formula is C19H25N5O2. The van der Waals surface area contributed by atoms with Gasteiger partial charge in [-0.25, -0.2) is 9.48 Å². The fourth-order valence-electron chi connectivity index (χ4n) is 3.53. The number of nitrogens with zero attached hydrogens (tertiary/aromatic N) is 4. The maximum Gasteiger partial charge on any atom is 0.317 e. The zero-order valence-corrected chi connectivity index (χ0v) is 14.9. The zero-order valence-electron chi connectivity index (χ0n) is 14.9. The number of carbonyl (C=O) groups excluding carboxylic acids is 1. The van der Waals surface area contributed by atoms with Gasteiger partial charge in [0.1, 0.15) is 18.1 Å². The fourth-order valence-corrected chi connectivity index (χ4v) is 3.53. The molecule has 1 N–H and O–H groups in total. The molecule has 0 unspecified atom stereocenters. The van der Waals surface area contributed by atoms with E-state index >= 15 is 0 Å². The average Bonchev–Trinajstić information content (AvgIpc) is 3.09. The van der Waals surface area contributed by atoms with Gasteiger partial charge in [0.15, 0.2) is 0 Å². The van der Waals surface area contributed by atoms with Crippen LogP contribution in [-0.4, -0.2) is 45.1 Å². The highest BCUT2D eigenvalue weighted by atomic mass is 16.5. The Hall–Kier alpha value is -2.57. The Kier molecular flexibility index (Phi) is 5.04. The summed E-state index contributed by atoms with van der Waals surface area (Å²) in [6.07, 6.45) is 7.86. The molecule has 0 atom stereocenters. The molecule has 0 radical (unpaired) electrons. The van der Waals surface area contributed by atoms with E-state index in [0.29, 0.717) is 25.7 Å². The summed E-state index contributed by atoms with van der Waals surface area (Å²) in [6.45, 7) is 1.75. The molecule has 2 aromatic rings. The summed E-state index contributed by atoms with van der Waals surface area (Å²) >= 11 is 0. The van der Waals surface area contributed by atoms with Crippen LogP contribution in [0.5, 0.6) is 5.75 Å². The number of carbonyl (C=O) groups is 1. The average molecular weight is 355 g/mol. The number of urea groups is 1. The molecule has 0 bridgehead atoms. The van der Waals surface area contributed by atoms with Gasteiger partial charge >= 0.3 is 6.03 Å². The van der Waals surface area contributed by atoms with Crippen LogP contribution in [0.2, 0.25) is 0 Å². The highest BCUT2D eigenvalue weighted by molar-refractivity contribution is 5.75. The second-order valence-electron chi connectivity index (χ2n) is 7.13. The largest absolute Gasteiger partial charge is 0.487 e. The van der Waals surface area contributed by atoms with Gasteiger partial charge < -0.3 is 15.0 Å². The van der Waals surface area contributed by atoms with Crippen molar-refractivity contribution in [2.45, 2.75) is 50.8 Å². The van der Waals surface area contributed by atoms with Gasteiger partial charge in [0.25, 0.3) is 0 Å². The van der Waals surface area contributed by atoms with Crippen molar-refractivity contribution in [2.24, 2.45) is 0 Å². The van der Waals surface area contributed by atoms with Crippen molar-refractivity contribution in [1.29, 1.82) is 0 Å². The normalized spacial score (nSPS) is 18.4. The van der Waals surface area contributed by atoms with Gasteiger partial charge in [-0.05, 0) is 25.0 Å². The molecule has 1 aromatic heterocycles. The van der Waals surface area contributed by atoms with E-state index in [9.17, 15) is 4.79 Å². The van der Waals surface area contributed by atoms with Crippen LogP contribution in [0.15, 0.2) is 36.5 Å². The Morgan fingerprint density at radius 1 is 1.15 bits per heavy atom. The molecule has 1 saturated carbocycles. The lowest BCUT2D eigenvalue weighted by Gasteiger charge is -2.39. The molecule has 1 aromatic carbocycles. The molecule has 138 valence electrons. The maximum atomic E-state index is 12.3. The van der Waals surface area contributed by atoms with Crippen LogP contribution in [0.4, 0.5) is 4.79 Å². The van der Waals surface area contributed by atoms with Crippen LogP contribution in [0.3, 0.4) is 0 Å².